The molecular weight excluding hydrogens is 302 g/mol. The highest BCUT2D eigenvalue weighted by Gasteiger charge is 2.21. The molecule has 0 aliphatic heterocycles. The van der Waals surface area contributed by atoms with Gasteiger partial charge >= 0.3 is 5.97 Å². The highest BCUT2D eigenvalue weighted by molar-refractivity contribution is 8.24. The third-order valence-electron chi connectivity index (χ3n) is 3.33. The van der Waals surface area contributed by atoms with Crippen molar-refractivity contribution in [2.24, 2.45) is 0 Å². The van der Waals surface area contributed by atoms with Crippen LogP contribution in [0, 0.1) is 11.3 Å². The summed E-state index contributed by atoms with van der Waals surface area (Å²) in [7, 11) is -0.778. The summed E-state index contributed by atoms with van der Waals surface area (Å²) in [6.07, 6.45) is 1.63. The molecule has 0 aromatic heterocycles. The van der Waals surface area contributed by atoms with E-state index in [0.717, 1.165) is 0 Å². The summed E-state index contributed by atoms with van der Waals surface area (Å²) >= 11 is 0. The zero-order valence-electron chi connectivity index (χ0n) is 12.2. The Hall–Kier alpha value is -2.33. The van der Waals surface area contributed by atoms with Crippen molar-refractivity contribution in [3.05, 3.63) is 53.6 Å². The number of rotatable bonds is 4. The van der Waals surface area contributed by atoms with E-state index in [1.165, 1.54) is 13.2 Å². The lowest BCUT2D eigenvalue weighted by Crippen LogP contribution is -2.04. The third kappa shape index (κ3) is 3.12. The summed E-state index contributed by atoms with van der Waals surface area (Å²) in [5.41, 5.74) is 1.89. The van der Waals surface area contributed by atoms with Gasteiger partial charge < -0.3 is 9.66 Å². The highest BCUT2D eigenvalue weighted by atomic mass is 32.3. The molecule has 0 fully saturated rings. The van der Waals surface area contributed by atoms with E-state index in [-0.39, 0.29) is 5.56 Å². The minimum absolute atomic E-state index is 0.116. The predicted molar refractivity (Wildman–Crippen MR) is 86.0 cm³/mol. The van der Waals surface area contributed by atoms with Crippen molar-refractivity contribution < 1.29 is 18.6 Å². The Labute approximate surface area is 130 Å². The van der Waals surface area contributed by atoms with E-state index < -0.39 is 16.6 Å². The van der Waals surface area contributed by atoms with E-state index in [1.807, 2.05) is 6.07 Å². The van der Waals surface area contributed by atoms with Crippen LogP contribution in [0.15, 0.2) is 47.4 Å². The summed E-state index contributed by atoms with van der Waals surface area (Å²) in [6, 6.07) is 13.6. The van der Waals surface area contributed by atoms with Gasteiger partial charge in [-0.25, -0.2) is 4.79 Å². The minimum Gasteiger partial charge on any atom is -0.478 e. The van der Waals surface area contributed by atoms with Crippen LogP contribution in [0.25, 0.3) is 11.1 Å². The van der Waals surface area contributed by atoms with E-state index in [9.17, 15) is 9.90 Å². The van der Waals surface area contributed by atoms with Crippen molar-refractivity contribution in [2.75, 3.05) is 13.4 Å². The second-order valence-corrected chi connectivity index (χ2v) is 7.20. The fourth-order valence-corrected chi connectivity index (χ4v) is 2.88. The van der Waals surface area contributed by atoms with Gasteiger partial charge in [0, 0.05) is 0 Å². The predicted octanol–water partition coefficient (Wildman–Crippen LogP) is 2.92. The Morgan fingerprint density at radius 3 is 2.41 bits per heavy atom. The number of hydrogen-bond acceptors (Lipinski definition) is 3. The van der Waals surface area contributed by atoms with Crippen LogP contribution in [0.1, 0.15) is 15.9 Å². The van der Waals surface area contributed by atoms with Gasteiger partial charge in [0.2, 0.25) is 0 Å². The molecule has 114 valence electrons. The first-order chi connectivity index (χ1) is 10.4. The molecule has 0 aliphatic rings. The lowest BCUT2D eigenvalue weighted by molar-refractivity contribution is 0.0697. The quantitative estimate of drug-likeness (QED) is 0.877. The molecule has 5 nitrogen and oxygen atoms in total. The molecule has 0 heterocycles. The second-order valence-electron chi connectivity index (χ2n) is 4.71. The largest absolute Gasteiger partial charge is 0.478 e. The maximum atomic E-state index is 11.5. The van der Waals surface area contributed by atoms with Crippen LogP contribution in [0.4, 0.5) is 0 Å². The van der Waals surface area contributed by atoms with Crippen LogP contribution in [0.5, 0.6) is 0 Å². The Morgan fingerprint density at radius 1 is 1.27 bits per heavy atom. The summed E-state index contributed by atoms with van der Waals surface area (Å²) in [5, 5.41) is 18.3. The van der Waals surface area contributed by atoms with Crippen LogP contribution in [0.3, 0.4) is 0 Å². The SMILES string of the molecule is COS(C)([OH2+])c1ccc(-c2ccc(C#N)cc2)c(C(=O)O)c1. The molecular formula is C16H16NO4S+. The number of benzene rings is 2. The standard InChI is InChI=1S/C16H15NO4S/c1-21-22(2,20)13-7-8-14(15(9-13)16(18)19)12-5-3-11(10-17)4-6-12/h3-9,20H,1-2H3,(H,18,19)/p+1. The fraction of sp³-hybridized carbons (Fsp3) is 0.125. The summed E-state index contributed by atoms with van der Waals surface area (Å²) < 4.78 is 13.3. The Kier molecular flexibility index (Phi) is 4.52. The Bertz CT molecular complexity index is 748. The van der Waals surface area contributed by atoms with E-state index in [4.69, 9.17) is 14.0 Å². The lowest BCUT2D eigenvalue weighted by Gasteiger charge is -2.28. The number of nitrogens with zero attached hydrogens (tertiary/aromatic N) is 1. The molecule has 3 N–H and O–H groups in total. The van der Waals surface area contributed by atoms with Crippen LogP contribution < -0.4 is 0 Å². The number of carbonyl (C=O) groups is 1. The Morgan fingerprint density at radius 2 is 1.91 bits per heavy atom. The van der Waals surface area contributed by atoms with Crippen LogP contribution in [0.2, 0.25) is 0 Å². The number of aromatic carboxylic acids is 1. The monoisotopic (exact) mass is 318 g/mol. The van der Waals surface area contributed by atoms with Crippen molar-refractivity contribution in [3.8, 4) is 17.2 Å². The van der Waals surface area contributed by atoms with Crippen molar-refractivity contribution in [3.63, 3.8) is 0 Å². The van der Waals surface area contributed by atoms with Gasteiger partial charge in [0.05, 0.1) is 30.6 Å². The minimum atomic E-state index is -2.22. The molecule has 0 spiro atoms. The molecule has 2 aromatic carbocycles. The molecule has 2 rings (SSSR count). The molecule has 2 aromatic rings. The Balaban J connectivity index is 2.56. The first-order valence-corrected chi connectivity index (χ1v) is 8.32. The van der Waals surface area contributed by atoms with Crippen molar-refractivity contribution in [1.29, 1.82) is 5.26 Å². The van der Waals surface area contributed by atoms with Gasteiger partial charge in [0.15, 0.2) is 0 Å². The molecule has 1 unspecified atom stereocenters. The van der Waals surface area contributed by atoms with Gasteiger partial charge in [-0.15, -0.1) is 0 Å². The van der Waals surface area contributed by atoms with Gasteiger partial charge in [0.25, 0.3) is 0 Å². The van der Waals surface area contributed by atoms with Gasteiger partial charge in [-0.1, -0.05) is 28.8 Å². The molecule has 0 aliphatic carbocycles. The van der Waals surface area contributed by atoms with E-state index in [0.29, 0.717) is 21.6 Å². The van der Waals surface area contributed by atoms with Gasteiger partial charge in [-0.2, -0.15) is 5.26 Å². The van der Waals surface area contributed by atoms with E-state index in [2.05, 4.69) is 0 Å². The van der Waals surface area contributed by atoms with Crippen molar-refractivity contribution in [2.45, 2.75) is 4.90 Å². The molecule has 0 amide bonds. The van der Waals surface area contributed by atoms with E-state index >= 15 is 0 Å². The second kappa shape index (κ2) is 6.20. The molecule has 0 radical (unpaired) electrons. The van der Waals surface area contributed by atoms with Crippen molar-refractivity contribution in [1.82, 2.24) is 0 Å². The van der Waals surface area contributed by atoms with Crippen LogP contribution >= 0.6 is 10.6 Å². The number of hydrogen-bond donors (Lipinski definition) is 1. The van der Waals surface area contributed by atoms with Gasteiger partial charge in [0.1, 0.15) is 4.90 Å². The lowest BCUT2D eigenvalue weighted by atomic mass is 9.99. The number of carboxylic acids is 1. The maximum absolute atomic E-state index is 11.5. The highest BCUT2D eigenvalue weighted by Crippen LogP contribution is 2.49. The summed E-state index contributed by atoms with van der Waals surface area (Å²) in [5.74, 6) is -1.06. The molecule has 0 saturated carbocycles. The number of carboxylic acid groups (broad SMARTS) is 1. The third-order valence-corrected chi connectivity index (χ3v) is 5.15. The van der Waals surface area contributed by atoms with Crippen LogP contribution in [-0.4, -0.2) is 29.0 Å². The summed E-state index contributed by atoms with van der Waals surface area (Å²) in [6.45, 7) is 0. The van der Waals surface area contributed by atoms with Gasteiger partial charge in [-0.3, -0.25) is 4.18 Å². The molecule has 0 saturated heterocycles. The van der Waals surface area contributed by atoms with E-state index in [1.54, 1.807) is 42.7 Å². The van der Waals surface area contributed by atoms with Gasteiger partial charge in [-0.05, 0) is 35.4 Å². The normalized spacial score (nSPS) is 14.6. The average molecular weight is 318 g/mol. The molecule has 1 atom stereocenters. The zero-order valence-corrected chi connectivity index (χ0v) is 13.0. The average Bonchev–Trinajstić information content (AvgIpc) is 2.54. The van der Waals surface area contributed by atoms with Crippen molar-refractivity contribution >= 4 is 16.6 Å². The first kappa shape index (κ1) is 16.0. The summed E-state index contributed by atoms with van der Waals surface area (Å²) in [4.78, 5) is 12.1. The topological polar surface area (TPSA) is 93.2 Å². The molecule has 6 heteroatoms. The zero-order chi connectivity index (χ0) is 16.3. The smallest absolute Gasteiger partial charge is 0.336 e. The maximum Gasteiger partial charge on any atom is 0.336 e. The number of nitriles is 1. The first-order valence-electron chi connectivity index (χ1n) is 6.35. The molecule has 22 heavy (non-hydrogen) atoms. The van der Waals surface area contributed by atoms with Crippen LogP contribution in [-0.2, 0) is 4.18 Å². The molecule has 0 bridgehead atoms. The fourth-order valence-electron chi connectivity index (χ4n) is 2.01.